The summed E-state index contributed by atoms with van der Waals surface area (Å²) in [6.45, 7) is 0. The highest BCUT2D eigenvalue weighted by molar-refractivity contribution is 7.15. The molecule has 5 aromatic rings. The van der Waals surface area contributed by atoms with Gasteiger partial charge in [-0.3, -0.25) is 14.0 Å². The molecule has 1 atom stereocenters. The Kier molecular flexibility index (Phi) is 4.39. The first-order chi connectivity index (χ1) is 16.5. The van der Waals surface area contributed by atoms with Gasteiger partial charge in [-0.15, -0.1) is 11.3 Å². The number of nitrogens with zero attached hydrogens (tertiary/aromatic N) is 2. The zero-order valence-corrected chi connectivity index (χ0v) is 18.5. The molecule has 0 bridgehead atoms. The second kappa shape index (κ2) is 7.35. The number of methoxy groups -OCH3 is 1. The van der Waals surface area contributed by atoms with Crippen LogP contribution in [0.15, 0.2) is 57.2 Å². The summed E-state index contributed by atoms with van der Waals surface area (Å²) in [5.74, 6) is -2.21. The number of hydrogen-bond acceptors (Lipinski definition) is 9. The molecule has 0 unspecified atom stereocenters. The number of imidazole rings is 1. The Labute approximate surface area is 195 Å². The number of benzene rings is 2. The van der Waals surface area contributed by atoms with Gasteiger partial charge in [0, 0.05) is 29.1 Å². The molecule has 0 radical (unpaired) electrons. The molecule has 0 saturated carbocycles. The summed E-state index contributed by atoms with van der Waals surface area (Å²) in [7, 11) is 1.28. The van der Waals surface area contributed by atoms with Crippen LogP contribution in [0.25, 0.3) is 27.3 Å². The Hall–Kier alpha value is -4.31. The SMILES string of the molecule is COC(=O)C[C@H]1c2c(c(O)c(O)c3c(=O)cc(-c4ccccc4)oc23)Oc2nc3sccn3c21. The molecule has 6 rings (SSSR count). The van der Waals surface area contributed by atoms with Gasteiger partial charge in [-0.25, -0.2) is 0 Å². The predicted octanol–water partition coefficient (Wildman–Crippen LogP) is 4.38. The van der Waals surface area contributed by atoms with Crippen LogP contribution in [-0.4, -0.2) is 32.7 Å². The Bertz CT molecular complexity index is 1670. The summed E-state index contributed by atoms with van der Waals surface area (Å²) in [6.07, 6.45) is 1.65. The van der Waals surface area contributed by atoms with Crippen LogP contribution >= 0.6 is 11.3 Å². The molecule has 0 fully saturated rings. The van der Waals surface area contributed by atoms with Crippen molar-refractivity contribution in [1.82, 2.24) is 9.38 Å². The second-order valence-corrected chi connectivity index (χ2v) is 8.65. The number of hydrogen-bond donors (Lipinski definition) is 2. The highest BCUT2D eigenvalue weighted by atomic mass is 32.1. The van der Waals surface area contributed by atoms with Crippen molar-refractivity contribution in [3.63, 3.8) is 0 Å². The maximum absolute atomic E-state index is 13.1. The van der Waals surface area contributed by atoms with Crippen molar-refractivity contribution in [2.75, 3.05) is 7.11 Å². The van der Waals surface area contributed by atoms with Crippen molar-refractivity contribution in [2.24, 2.45) is 0 Å². The van der Waals surface area contributed by atoms with Gasteiger partial charge in [-0.05, 0) is 0 Å². The minimum Gasteiger partial charge on any atom is -0.504 e. The van der Waals surface area contributed by atoms with Crippen molar-refractivity contribution < 1.29 is 28.9 Å². The van der Waals surface area contributed by atoms with E-state index < -0.39 is 28.8 Å². The van der Waals surface area contributed by atoms with Gasteiger partial charge in [0.2, 0.25) is 11.6 Å². The number of carbonyl (C=O) groups is 1. The normalized spacial score (nSPS) is 14.6. The number of rotatable bonds is 3. The largest absolute Gasteiger partial charge is 0.504 e. The summed E-state index contributed by atoms with van der Waals surface area (Å²) < 4.78 is 18.8. The summed E-state index contributed by atoms with van der Waals surface area (Å²) in [6, 6.07) is 10.3. The van der Waals surface area contributed by atoms with Gasteiger partial charge in [0.15, 0.2) is 21.9 Å². The summed E-state index contributed by atoms with van der Waals surface area (Å²) in [5.41, 5.74) is 0.919. The number of esters is 1. The Morgan fingerprint density at radius 2 is 2.03 bits per heavy atom. The topological polar surface area (TPSA) is 124 Å². The van der Waals surface area contributed by atoms with Gasteiger partial charge in [0.25, 0.3) is 0 Å². The van der Waals surface area contributed by atoms with E-state index in [2.05, 4.69) is 4.98 Å². The summed E-state index contributed by atoms with van der Waals surface area (Å²) >= 11 is 1.37. The molecule has 34 heavy (non-hydrogen) atoms. The minimum absolute atomic E-state index is 0.0152. The predicted molar refractivity (Wildman–Crippen MR) is 123 cm³/mol. The molecule has 0 spiro atoms. The van der Waals surface area contributed by atoms with E-state index in [9.17, 15) is 19.8 Å². The Morgan fingerprint density at radius 3 is 2.79 bits per heavy atom. The number of fused-ring (bicyclic) bond motifs is 6. The lowest BCUT2D eigenvalue weighted by Crippen LogP contribution is -2.18. The zero-order valence-electron chi connectivity index (χ0n) is 17.6. The molecular weight excluding hydrogens is 460 g/mol. The average Bonchev–Trinajstić information content (AvgIpc) is 3.43. The maximum atomic E-state index is 13.1. The van der Waals surface area contributed by atoms with Crippen molar-refractivity contribution in [2.45, 2.75) is 12.3 Å². The van der Waals surface area contributed by atoms with Gasteiger partial charge >= 0.3 is 5.97 Å². The van der Waals surface area contributed by atoms with E-state index in [0.29, 0.717) is 16.2 Å². The first kappa shape index (κ1) is 20.3. The van der Waals surface area contributed by atoms with E-state index in [4.69, 9.17) is 13.9 Å². The van der Waals surface area contributed by atoms with Gasteiger partial charge in [-0.1, -0.05) is 30.3 Å². The number of aromatic nitrogens is 2. The van der Waals surface area contributed by atoms with Gasteiger partial charge < -0.3 is 24.1 Å². The fourth-order valence-electron chi connectivity index (χ4n) is 4.39. The smallest absolute Gasteiger partial charge is 0.306 e. The lowest BCUT2D eigenvalue weighted by Gasteiger charge is -2.26. The number of aromatic hydroxyl groups is 2. The van der Waals surface area contributed by atoms with Crippen molar-refractivity contribution in [3.8, 4) is 34.5 Å². The summed E-state index contributed by atoms with van der Waals surface area (Å²) in [5, 5.41) is 23.2. The molecule has 4 heterocycles. The van der Waals surface area contributed by atoms with E-state index >= 15 is 0 Å². The number of phenolic OH excluding ortho intramolecular Hbond substituents is 2. The molecule has 1 aliphatic rings. The fourth-order valence-corrected chi connectivity index (χ4v) is 5.10. The average molecular weight is 476 g/mol. The number of phenols is 2. The van der Waals surface area contributed by atoms with Crippen molar-refractivity contribution in [1.29, 1.82) is 0 Å². The van der Waals surface area contributed by atoms with E-state index in [1.165, 1.54) is 24.5 Å². The van der Waals surface area contributed by atoms with Crippen LogP contribution in [0.1, 0.15) is 23.6 Å². The van der Waals surface area contributed by atoms with Gasteiger partial charge in [0.1, 0.15) is 16.7 Å². The summed E-state index contributed by atoms with van der Waals surface area (Å²) in [4.78, 5) is 30.6. The van der Waals surface area contributed by atoms with E-state index in [1.807, 2.05) is 11.4 Å². The molecule has 0 amide bonds. The number of carbonyl (C=O) groups excluding carboxylic acids is 1. The standard InChI is InChI=1S/C24H16N2O7S/c1-31-15(28)9-12-16-21-17(13(27)10-14(32-21)11-5-3-2-4-6-11)19(29)20(30)22(16)33-23-18(12)26-7-8-34-24(26)25-23/h2-8,10,12,29-30H,9H2,1H3/t12-/m0/s1. The molecule has 9 nitrogen and oxygen atoms in total. The van der Waals surface area contributed by atoms with E-state index in [1.54, 1.807) is 34.9 Å². The third kappa shape index (κ3) is 2.82. The molecule has 2 N–H and O–H groups in total. The van der Waals surface area contributed by atoms with Crippen LogP contribution in [0.2, 0.25) is 0 Å². The van der Waals surface area contributed by atoms with Crippen LogP contribution in [0.4, 0.5) is 0 Å². The Balaban J connectivity index is 1.72. The highest BCUT2D eigenvalue weighted by Crippen LogP contribution is 2.55. The van der Waals surface area contributed by atoms with Crippen molar-refractivity contribution >= 4 is 33.2 Å². The Morgan fingerprint density at radius 1 is 1.24 bits per heavy atom. The van der Waals surface area contributed by atoms with Crippen LogP contribution in [0.5, 0.6) is 23.1 Å². The molecule has 0 aliphatic carbocycles. The highest BCUT2D eigenvalue weighted by Gasteiger charge is 2.40. The molecule has 2 aromatic carbocycles. The number of ether oxygens (including phenoxy) is 2. The third-order valence-electron chi connectivity index (χ3n) is 5.91. The number of thiazole rings is 1. The van der Waals surface area contributed by atoms with Gasteiger partial charge in [0.05, 0.1) is 24.8 Å². The molecular formula is C24H16N2O7S. The lowest BCUT2D eigenvalue weighted by atomic mass is 9.87. The fraction of sp³-hybridized carbons (Fsp3) is 0.125. The lowest BCUT2D eigenvalue weighted by molar-refractivity contribution is -0.140. The maximum Gasteiger partial charge on any atom is 0.306 e. The van der Waals surface area contributed by atoms with Crippen LogP contribution in [0, 0.1) is 0 Å². The quantitative estimate of drug-likeness (QED) is 0.290. The van der Waals surface area contributed by atoms with Crippen molar-refractivity contribution in [3.05, 3.63) is 69.5 Å². The first-order valence-electron chi connectivity index (χ1n) is 10.3. The van der Waals surface area contributed by atoms with E-state index in [0.717, 1.165) is 0 Å². The van der Waals surface area contributed by atoms with Crippen LogP contribution < -0.4 is 10.2 Å². The molecule has 0 saturated heterocycles. The molecule has 10 heteroatoms. The molecule has 170 valence electrons. The van der Waals surface area contributed by atoms with E-state index in [-0.39, 0.29) is 40.3 Å². The monoisotopic (exact) mass is 476 g/mol. The van der Waals surface area contributed by atoms with Crippen LogP contribution in [-0.2, 0) is 9.53 Å². The molecule has 1 aliphatic heterocycles. The zero-order chi connectivity index (χ0) is 23.6. The minimum atomic E-state index is -0.737. The first-order valence-corrected chi connectivity index (χ1v) is 11.2. The van der Waals surface area contributed by atoms with Crippen LogP contribution in [0.3, 0.4) is 0 Å². The molecule has 3 aromatic heterocycles. The van der Waals surface area contributed by atoms with Gasteiger partial charge in [-0.2, -0.15) is 4.98 Å². The third-order valence-corrected chi connectivity index (χ3v) is 6.67. The second-order valence-electron chi connectivity index (χ2n) is 7.78.